The van der Waals surface area contributed by atoms with Crippen LogP contribution in [-0.4, -0.2) is 36.6 Å². The quantitative estimate of drug-likeness (QED) is 0.119. The zero-order valence-corrected chi connectivity index (χ0v) is 36.3. The van der Waals surface area contributed by atoms with Crippen molar-refractivity contribution < 1.29 is 18.6 Å². The van der Waals surface area contributed by atoms with E-state index in [2.05, 4.69) is 224 Å². The zero-order valence-electron chi connectivity index (χ0n) is 36.3. The number of hydrogen-bond acceptors (Lipinski definition) is 5. The maximum atomic E-state index is 6.42. The Hall–Kier alpha value is -5.69. The minimum atomic E-state index is -0.441. The highest BCUT2D eigenvalue weighted by Gasteiger charge is 2.52. The molecule has 2 fully saturated rings. The largest absolute Gasteiger partial charge is 0.494 e. The van der Waals surface area contributed by atoms with Crippen LogP contribution in [0, 0.1) is 0 Å². The van der Waals surface area contributed by atoms with E-state index in [9.17, 15) is 0 Å². The van der Waals surface area contributed by atoms with Crippen LogP contribution in [0.4, 0.5) is 17.1 Å². The van der Waals surface area contributed by atoms with Gasteiger partial charge in [0.05, 0.1) is 22.4 Å². The molecule has 0 aliphatic carbocycles. The Morgan fingerprint density at radius 3 is 1.08 bits per heavy atom. The zero-order chi connectivity index (χ0) is 42.3. The molecule has 2 aliphatic heterocycles. The summed E-state index contributed by atoms with van der Waals surface area (Å²) in [5.74, 6) is 0. The van der Waals surface area contributed by atoms with Gasteiger partial charge in [-0.15, -0.1) is 0 Å². The maximum absolute atomic E-state index is 6.42. The predicted octanol–water partition coefficient (Wildman–Crippen LogP) is 12.5. The Bertz CT molecular complexity index is 2770. The second-order valence-electron chi connectivity index (χ2n) is 18.6. The lowest BCUT2D eigenvalue weighted by molar-refractivity contribution is 0.00578. The summed E-state index contributed by atoms with van der Waals surface area (Å²) in [5.41, 5.74) is 8.24. The fraction of sp³-hybridized carbons (Fsp3) is 0.222. The predicted molar refractivity (Wildman–Crippen MR) is 256 cm³/mol. The van der Waals surface area contributed by atoms with Crippen LogP contribution in [0.25, 0.3) is 54.6 Å². The van der Waals surface area contributed by atoms with Crippen LogP contribution in [0.3, 0.4) is 0 Å². The summed E-state index contributed by atoms with van der Waals surface area (Å²) >= 11 is 0. The van der Waals surface area contributed by atoms with E-state index in [4.69, 9.17) is 18.6 Å². The molecular formula is C54H51B2NO4. The molecule has 0 atom stereocenters. The fourth-order valence-electron chi connectivity index (χ4n) is 8.84. The van der Waals surface area contributed by atoms with Crippen molar-refractivity contribution in [3.63, 3.8) is 0 Å². The van der Waals surface area contributed by atoms with Gasteiger partial charge in [0.1, 0.15) is 0 Å². The van der Waals surface area contributed by atoms with Gasteiger partial charge in [0, 0.05) is 17.1 Å². The first-order chi connectivity index (χ1) is 29.2. The lowest BCUT2D eigenvalue weighted by atomic mass is 9.79. The molecule has 0 N–H and O–H groups in total. The molecular weight excluding hydrogens is 748 g/mol. The third-order valence-electron chi connectivity index (χ3n) is 13.7. The van der Waals surface area contributed by atoms with Crippen molar-refractivity contribution in [1.82, 2.24) is 0 Å². The Kier molecular flexibility index (Phi) is 9.35. The van der Waals surface area contributed by atoms with E-state index in [1.807, 2.05) is 0 Å². The molecule has 0 unspecified atom stereocenters. The van der Waals surface area contributed by atoms with Crippen LogP contribution in [0.15, 0.2) is 164 Å². The Morgan fingerprint density at radius 1 is 0.344 bits per heavy atom. The summed E-state index contributed by atoms with van der Waals surface area (Å²) in [6.45, 7) is 16.7. The topological polar surface area (TPSA) is 40.2 Å². The molecule has 61 heavy (non-hydrogen) atoms. The number of hydrogen-bond donors (Lipinski definition) is 0. The molecule has 8 aromatic rings. The van der Waals surface area contributed by atoms with E-state index in [0.717, 1.165) is 33.6 Å². The lowest BCUT2D eigenvalue weighted by Gasteiger charge is -2.32. The van der Waals surface area contributed by atoms with Crippen molar-refractivity contribution in [1.29, 1.82) is 0 Å². The smallest absolute Gasteiger partial charge is 0.399 e. The third kappa shape index (κ3) is 6.76. The van der Waals surface area contributed by atoms with E-state index in [1.165, 1.54) is 49.0 Å². The van der Waals surface area contributed by atoms with E-state index in [0.29, 0.717) is 0 Å². The molecule has 0 bridgehead atoms. The molecule has 2 heterocycles. The van der Waals surface area contributed by atoms with Gasteiger partial charge in [0.2, 0.25) is 0 Å². The van der Waals surface area contributed by atoms with Crippen LogP contribution in [0.1, 0.15) is 55.4 Å². The molecule has 8 aromatic carbocycles. The summed E-state index contributed by atoms with van der Waals surface area (Å²) in [6, 6.07) is 59.2. The van der Waals surface area contributed by atoms with Gasteiger partial charge < -0.3 is 23.5 Å². The van der Waals surface area contributed by atoms with Crippen LogP contribution in [0.2, 0.25) is 0 Å². The molecule has 0 spiro atoms. The second-order valence-corrected chi connectivity index (χ2v) is 18.6. The van der Waals surface area contributed by atoms with Crippen molar-refractivity contribution in [2.45, 2.75) is 77.8 Å². The minimum absolute atomic E-state index is 0.420. The average Bonchev–Trinajstić information content (AvgIpc) is 3.62. The lowest BCUT2D eigenvalue weighted by Crippen LogP contribution is -2.41. The molecule has 2 aliphatic rings. The van der Waals surface area contributed by atoms with Crippen molar-refractivity contribution in [2.24, 2.45) is 0 Å². The van der Waals surface area contributed by atoms with Crippen molar-refractivity contribution in [2.75, 3.05) is 4.90 Å². The van der Waals surface area contributed by atoms with Crippen LogP contribution >= 0.6 is 0 Å². The van der Waals surface area contributed by atoms with Gasteiger partial charge >= 0.3 is 14.2 Å². The summed E-state index contributed by atoms with van der Waals surface area (Å²) in [5, 5.41) is 7.41. The van der Waals surface area contributed by atoms with Crippen LogP contribution in [0.5, 0.6) is 0 Å². The number of benzene rings is 8. The SMILES string of the molecule is CC1(C)OB(c2ccc(N(c3ccc(B4OC(C)(C)C(C)(C)O4)cc3)c3ccc(-c4c5ccccc5c(-c5ccc6ccccc6c5)c5ccccc45)cc3)cc2)OC1(C)C. The Morgan fingerprint density at radius 2 is 0.672 bits per heavy atom. The van der Waals surface area contributed by atoms with Gasteiger partial charge in [0.15, 0.2) is 0 Å². The van der Waals surface area contributed by atoms with E-state index in [-0.39, 0.29) is 0 Å². The summed E-state index contributed by atoms with van der Waals surface area (Å²) < 4.78 is 25.7. The highest BCUT2D eigenvalue weighted by atomic mass is 16.7. The molecule has 0 amide bonds. The minimum Gasteiger partial charge on any atom is -0.399 e. The van der Waals surface area contributed by atoms with Gasteiger partial charge in [-0.25, -0.2) is 0 Å². The van der Waals surface area contributed by atoms with Crippen molar-refractivity contribution in [3.8, 4) is 22.3 Å². The van der Waals surface area contributed by atoms with E-state index in [1.54, 1.807) is 0 Å². The standard InChI is InChI=1S/C54H51B2NO4/c1-51(2)52(3,4)59-55(58-51)40-25-31-43(32-26-40)57(44-33-27-41(28-34-44)56-60-53(5,6)54(7,8)61-56)42-29-23-37(24-30-42)49-45-17-11-13-19-47(45)50(48-20-14-12-18-46(48)49)39-22-21-36-15-9-10-16-38(36)35-39/h9-35H,1-8H3. The summed E-state index contributed by atoms with van der Waals surface area (Å²) in [4.78, 5) is 2.30. The van der Waals surface area contributed by atoms with Gasteiger partial charge in [-0.1, -0.05) is 121 Å². The molecule has 0 radical (unpaired) electrons. The van der Waals surface area contributed by atoms with Crippen LogP contribution in [-0.2, 0) is 18.6 Å². The normalized spacial score (nSPS) is 17.7. The van der Waals surface area contributed by atoms with E-state index >= 15 is 0 Å². The van der Waals surface area contributed by atoms with Gasteiger partial charge in [-0.2, -0.15) is 0 Å². The molecule has 0 aromatic heterocycles. The number of fused-ring (bicyclic) bond motifs is 3. The molecule has 10 rings (SSSR count). The van der Waals surface area contributed by atoms with Gasteiger partial charge in [0.25, 0.3) is 0 Å². The first-order valence-corrected chi connectivity index (χ1v) is 21.4. The highest BCUT2D eigenvalue weighted by molar-refractivity contribution is 6.62. The molecule has 2 saturated heterocycles. The number of nitrogens with zero attached hydrogens (tertiary/aromatic N) is 1. The molecule has 5 nitrogen and oxygen atoms in total. The summed E-state index contributed by atoms with van der Waals surface area (Å²) in [7, 11) is -0.883. The average molecular weight is 800 g/mol. The Balaban J connectivity index is 1.06. The first kappa shape index (κ1) is 39.4. The van der Waals surface area contributed by atoms with Crippen molar-refractivity contribution in [3.05, 3.63) is 164 Å². The van der Waals surface area contributed by atoms with Gasteiger partial charge in [-0.3, -0.25) is 0 Å². The fourth-order valence-corrected chi connectivity index (χ4v) is 8.84. The number of rotatable bonds is 7. The monoisotopic (exact) mass is 799 g/mol. The second kappa shape index (κ2) is 14.5. The first-order valence-electron chi connectivity index (χ1n) is 21.4. The highest BCUT2D eigenvalue weighted by Crippen LogP contribution is 2.45. The molecule has 7 heteroatoms. The number of anilines is 3. The Labute approximate surface area is 360 Å². The van der Waals surface area contributed by atoms with Crippen molar-refractivity contribution >= 4 is 74.5 Å². The van der Waals surface area contributed by atoms with Crippen LogP contribution < -0.4 is 15.8 Å². The maximum Gasteiger partial charge on any atom is 0.494 e. The summed E-state index contributed by atoms with van der Waals surface area (Å²) in [6.07, 6.45) is 0. The third-order valence-corrected chi connectivity index (χ3v) is 13.7. The molecule has 0 saturated carbocycles. The molecule has 302 valence electrons. The van der Waals surface area contributed by atoms with Gasteiger partial charge in [-0.05, 0) is 163 Å². The van der Waals surface area contributed by atoms with E-state index < -0.39 is 36.6 Å².